The standard InChI is InChI=1S/C14H14F3N3O2/c15-14(16,17)13(22)5-3-7-20(9-13)12(21)10-8-19-6-2-1-4-11(19)18-10/h1-2,4,6,8,22H,3,5,7,9H2. The summed E-state index contributed by atoms with van der Waals surface area (Å²) < 4.78 is 40.4. The van der Waals surface area contributed by atoms with Crippen molar-refractivity contribution < 1.29 is 23.1 Å². The average molecular weight is 313 g/mol. The fourth-order valence-electron chi connectivity index (χ4n) is 2.64. The van der Waals surface area contributed by atoms with Crippen LogP contribution in [0.1, 0.15) is 23.3 Å². The second kappa shape index (κ2) is 4.98. The van der Waals surface area contributed by atoms with Gasteiger partial charge in [0.15, 0.2) is 5.60 Å². The molecule has 1 amide bonds. The lowest BCUT2D eigenvalue weighted by Gasteiger charge is -2.39. The number of hydrogen-bond donors (Lipinski definition) is 1. The third-order valence-corrected chi connectivity index (χ3v) is 3.87. The first-order valence-electron chi connectivity index (χ1n) is 6.82. The van der Waals surface area contributed by atoms with Gasteiger partial charge in [-0.15, -0.1) is 0 Å². The normalized spacial score (nSPS) is 23.0. The van der Waals surface area contributed by atoms with Crippen LogP contribution in [0.15, 0.2) is 30.6 Å². The third kappa shape index (κ3) is 2.43. The Kier molecular flexibility index (Phi) is 3.36. The van der Waals surface area contributed by atoms with Crippen LogP contribution < -0.4 is 0 Å². The van der Waals surface area contributed by atoms with E-state index < -0.39 is 30.7 Å². The Hall–Kier alpha value is -2.09. The van der Waals surface area contributed by atoms with E-state index >= 15 is 0 Å². The van der Waals surface area contributed by atoms with Crippen molar-refractivity contribution in [2.75, 3.05) is 13.1 Å². The number of carbonyl (C=O) groups excluding carboxylic acids is 1. The minimum Gasteiger partial charge on any atom is -0.379 e. The summed E-state index contributed by atoms with van der Waals surface area (Å²) in [7, 11) is 0. The van der Waals surface area contributed by atoms with Gasteiger partial charge in [0.05, 0.1) is 6.54 Å². The molecule has 0 radical (unpaired) electrons. The van der Waals surface area contributed by atoms with E-state index in [0.717, 1.165) is 4.90 Å². The number of nitrogens with zero attached hydrogens (tertiary/aromatic N) is 3. The molecule has 1 atom stereocenters. The largest absolute Gasteiger partial charge is 0.418 e. The van der Waals surface area contributed by atoms with Crippen LogP contribution in [0.2, 0.25) is 0 Å². The molecule has 1 unspecified atom stereocenters. The summed E-state index contributed by atoms with van der Waals surface area (Å²) in [6.07, 6.45) is -1.90. The second-order valence-electron chi connectivity index (χ2n) is 5.45. The number of likely N-dealkylation sites (tertiary alicyclic amines) is 1. The molecule has 1 aliphatic rings. The Morgan fingerprint density at radius 2 is 2.14 bits per heavy atom. The molecule has 0 bridgehead atoms. The molecule has 1 saturated heterocycles. The van der Waals surface area contributed by atoms with Crippen molar-refractivity contribution in [3.05, 3.63) is 36.3 Å². The molecule has 118 valence electrons. The van der Waals surface area contributed by atoms with Crippen molar-refractivity contribution in [3.63, 3.8) is 0 Å². The molecule has 1 fully saturated rings. The fourth-order valence-corrected chi connectivity index (χ4v) is 2.64. The molecule has 0 spiro atoms. The zero-order valence-corrected chi connectivity index (χ0v) is 11.5. The van der Waals surface area contributed by atoms with Gasteiger partial charge < -0.3 is 14.4 Å². The number of fused-ring (bicyclic) bond motifs is 1. The van der Waals surface area contributed by atoms with Crippen molar-refractivity contribution >= 4 is 11.6 Å². The Morgan fingerprint density at radius 3 is 2.82 bits per heavy atom. The number of piperidine rings is 1. The van der Waals surface area contributed by atoms with E-state index in [1.807, 2.05) is 0 Å². The van der Waals surface area contributed by atoms with Gasteiger partial charge in [0, 0.05) is 18.9 Å². The summed E-state index contributed by atoms with van der Waals surface area (Å²) in [5.74, 6) is -0.605. The smallest absolute Gasteiger partial charge is 0.379 e. The Morgan fingerprint density at radius 1 is 1.36 bits per heavy atom. The Bertz CT molecular complexity index is 680. The van der Waals surface area contributed by atoms with E-state index in [0.29, 0.717) is 5.65 Å². The SMILES string of the molecule is O=C(c1cn2ccccc2n1)N1CCCC(O)(C(F)(F)F)C1. The van der Waals surface area contributed by atoms with Crippen molar-refractivity contribution in [1.82, 2.24) is 14.3 Å². The van der Waals surface area contributed by atoms with E-state index in [4.69, 9.17) is 0 Å². The van der Waals surface area contributed by atoms with Gasteiger partial charge in [-0.2, -0.15) is 13.2 Å². The zero-order valence-electron chi connectivity index (χ0n) is 11.5. The van der Waals surface area contributed by atoms with Crippen LogP contribution in [-0.2, 0) is 0 Å². The number of hydrogen-bond acceptors (Lipinski definition) is 3. The summed E-state index contributed by atoms with van der Waals surface area (Å²) in [6.45, 7) is -0.589. The van der Waals surface area contributed by atoms with Gasteiger partial charge in [-0.25, -0.2) is 4.98 Å². The number of pyridine rings is 1. The number of imidazole rings is 1. The number of halogens is 3. The van der Waals surface area contributed by atoms with Gasteiger partial charge in [-0.1, -0.05) is 6.07 Å². The molecular weight excluding hydrogens is 299 g/mol. The quantitative estimate of drug-likeness (QED) is 0.874. The summed E-state index contributed by atoms with van der Waals surface area (Å²) in [5, 5.41) is 9.77. The highest BCUT2D eigenvalue weighted by molar-refractivity contribution is 5.93. The van der Waals surface area contributed by atoms with Crippen molar-refractivity contribution in [2.24, 2.45) is 0 Å². The second-order valence-corrected chi connectivity index (χ2v) is 5.45. The van der Waals surface area contributed by atoms with E-state index in [-0.39, 0.29) is 18.7 Å². The van der Waals surface area contributed by atoms with E-state index in [1.165, 1.54) is 6.20 Å². The zero-order chi connectivity index (χ0) is 16.0. The maximum Gasteiger partial charge on any atom is 0.418 e. The maximum atomic E-state index is 12.9. The lowest BCUT2D eigenvalue weighted by Crippen LogP contribution is -2.58. The van der Waals surface area contributed by atoms with Crippen LogP contribution in [0.3, 0.4) is 0 Å². The highest BCUT2D eigenvalue weighted by Crippen LogP contribution is 2.37. The molecule has 3 rings (SSSR count). The highest BCUT2D eigenvalue weighted by Gasteiger charge is 2.56. The number of β-amino-alcohol motifs (C(OH)–C–C–N with tert-alkyl or cyclic N) is 1. The Balaban J connectivity index is 1.85. The van der Waals surface area contributed by atoms with E-state index in [1.54, 1.807) is 28.8 Å². The molecule has 0 saturated carbocycles. The summed E-state index contributed by atoms with van der Waals surface area (Å²) >= 11 is 0. The van der Waals surface area contributed by atoms with Crippen molar-refractivity contribution in [1.29, 1.82) is 0 Å². The predicted octanol–water partition coefficient (Wildman–Crippen LogP) is 1.86. The van der Waals surface area contributed by atoms with Crippen molar-refractivity contribution in [2.45, 2.75) is 24.6 Å². The molecule has 2 aromatic heterocycles. The van der Waals surface area contributed by atoms with E-state index in [2.05, 4.69) is 4.98 Å². The minimum atomic E-state index is -4.76. The number of amides is 1. The third-order valence-electron chi connectivity index (χ3n) is 3.87. The van der Waals surface area contributed by atoms with Crippen LogP contribution in [0.5, 0.6) is 0 Å². The first-order chi connectivity index (χ1) is 10.3. The summed E-state index contributed by atoms with van der Waals surface area (Å²) in [4.78, 5) is 17.5. The van der Waals surface area contributed by atoms with Crippen LogP contribution in [0.25, 0.3) is 5.65 Å². The molecule has 0 aliphatic carbocycles. The molecule has 22 heavy (non-hydrogen) atoms. The van der Waals surface area contributed by atoms with Gasteiger partial charge in [0.25, 0.3) is 5.91 Å². The highest BCUT2D eigenvalue weighted by atomic mass is 19.4. The number of rotatable bonds is 1. The molecule has 3 heterocycles. The maximum absolute atomic E-state index is 12.9. The van der Waals surface area contributed by atoms with Gasteiger partial charge in [-0.3, -0.25) is 4.79 Å². The molecule has 8 heteroatoms. The van der Waals surface area contributed by atoms with Gasteiger partial charge in [0.2, 0.25) is 0 Å². The Labute approximate surface area is 124 Å². The van der Waals surface area contributed by atoms with Crippen LogP contribution >= 0.6 is 0 Å². The number of alkyl halides is 3. The average Bonchev–Trinajstić information content (AvgIpc) is 2.89. The lowest BCUT2D eigenvalue weighted by molar-refractivity contribution is -0.271. The van der Waals surface area contributed by atoms with Gasteiger partial charge in [0.1, 0.15) is 11.3 Å². The van der Waals surface area contributed by atoms with Crippen LogP contribution in [-0.4, -0.2) is 50.2 Å². The minimum absolute atomic E-state index is 0.0672. The molecule has 1 N–H and O–H groups in total. The molecule has 1 aliphatic heterocycles. The predicted molar refractivity (Wildman–Crippen MR) is 71.3 cm³/mol. The molecule has 5 nitrogen and oxygen atoms in total. The summed E-state index contributed by atoms with van der Waals surface area (Å²) in [6, 6.07) is 5.20. The first-order valence-corrected chi connectivity index (χ1v) is 6.82. The monoisotopic (exact) mass is 313 g/mol. The van der Waals surface area contributed by atoms with Crippen LogP contribution in [0, 0.1) is 0 Å². The fraction of sp³-hybridized carbons (Fsp3) is 0.429. The summed E-state index contributed by atoms with van der Waals surface area (Å²) in [5.41, 5.74) is -2.24. The topological polar surface area (TPSA) is 57.8 Å². The van der Waals surface area contributed by atoms with E-state index in [9.17, 15) is 23.1 Å². The number of aromatic nitrogens is 2. The molecule has 0 aromatic carbocycles. The molecular formula is C14H14F3N3O2. The number of aliphatic hydroxyl groups is 1. The van der Waals surface area contributed by atoms with Crippen molar-refractivity contribution in [3.8, 4) is 0 Å². The van der Waals surface area contributed by atoms with Gasteiger partial charge in [-0.05, 0) is 25.0 Å². The lowest BCUT2D eigenvalue weighted by atomic mass is 9.92. The van der Waals surface area contributed by atoms with Gasteiger partial charge >= 0.3 is 6.18 Å². The van der Waals surface area contributed by atoms with Crippen LogP contribution in [0.4, 0.5) is 13.2 Å². The number of carbonyl (C=O) groups is 1. The first kappa shape index (κ1) is 14.8. The molecule has 2 aromatic rings.